The number of piperidine rings is 1. The number of hydrogen-bond donors (Lipinski definition) is 1. The minimum Gasteiger partial charge on any atom is -0.340 e. The van der Waals surface area contributed by atoms with Crippen LogP contribution >= 0.6 is 0 Å². The first kappa shape index (κ1) is 22.2. The first-order chi connectivity index (χ1) is 13.5. The van der Waals surface area contributed by atoms with Crippen molar-refractivity contribution in [3.8, 4) is 0 Å². The van der Waals surface area contributed by atoms with E-state index in [0.29, 0.717) is 36.4 Å². The van der Waals surface area contributed by atoms with Gasteiger partial charge in [-0.15, -0.1) is 0 Å². The van der Waals surface area contributed by atoms with E-state index in [1.54, 1.807) is 24.0 Å². The molecule has 3 rings (SSSR count). The van der Waals surface area contributed by atoms with Crippen LogP contribution in [0.2, 0.25) is 0 Å². The van der Waals surface area contributed by atoms with Crippen LogP contribution in [0.4, 0.5) is 0 Å². The zero-order chi connectivity index (χ0) is 21.4. The van der Waals surface area contributed by atoms with E-state index < -0.39 is 20.2 Å². The lowest BCUT2D eigenvalue weighted by atomic mass is 9.96. The third-order valence-electron chi connectivity index (χ3n) is 5.67. The number of rotatable bonds is 4. The number of nitrogens with zero attached hydrogens (tertiary/aromatic N) is 3. The van der Waals surface area contributed by atoms with Gasteiger partial charge in [0, 0.05) is 45.2 Å². The molecule has 2 heterocycles. The molecule has 11 heteroatoms. The van der Waals surface area contributed by atoms with Gasteiger partial charge in [0.15, 0.2) is 0 Å². The van der Waals surface area contributed by atoms with Crippen molar-refractivity contribution >= 4 is 26.1 Å². The van der Waals surface area contributed by atoms with E-state index >= 15 is 0 Å². The van der Waals surface area contributed by atoms with E-state index in [9.17, 15) is 21.6 Å². The van der Waals surface area contributed by atoms with Crippen LogP contribution in [0.25, 0.3) is 0 Å². The van der Waals surface area contributed by atoms with Gasteiger partial charge in [-0.3, -0.25) is 4.79 Å². The number of aryl methyl sites for hydroxylation is 2. The highest BCUT2D eigenvalue weighted by molar-refractivity contribution is 7.89. The predicted octanol–water partition coefficient (Wildman–Crippen LogP) is 0.0518. The molecule has 29 heavy (non-hydrogen) atoms. The maximum atomic E-state index is 13.0. The standard InChI is InChI=1S/C18H28N4O5S2/c1-14-3-4-15(2)17(13-14)28(24,25)21-11-9-20(10-12-21)18(23)16-5-7-22(8-6-16)29(19,26)27/h3-4,13,16H,5-12H2,1-2H3,(H2,19,26,27). The van der Waals surface area contributed by atoms with Gasteiger partial charge in [0.05, 0.1) is 4.90 Å². The van der Waals surface area contributed by atoms with Gasteiger partial charge >= 0.3 is 0 Å². The molecule has 1 aromatic carbocycles. The number of carbonyl (C=O) groups excluding carboxylic acids is 1. The molecule has 0 radical (unpaired) electrons. The summed E-state index contributed by atoms with van der Waals surface area (Å²) in [5.74, 6) is -0.293. The lowest BCUT2D eigenvalue weighted by Crippen LogP contribution is -2.53. The average molecular weight is 445 g/mol. The van der Waals surface area contributed by atoms with Crippen molar-refractivity contribution in [2.24, 2.45) is 11.1 Å². The Labute approximate surface area is 172 Å². The molecule has 2 N–H and O–H groups in total. The second kappa shape index (κ2) is 8.31. The molecule has 2 fully saturated rings. The Morgan fingerprint density at radius 2 is 1.52 bits per heavy atom. The summed E-state index contributed by atoms with van der Waals surface area (Å²) in [5.41, 5.74) is 1.59. The summed E-state index contributed by atoms with van der Waals surface area (Å²) in [7, 11) is -7.33. The number of amides is 1. The number of carbonyl (C=O) groups is 1. The molecule has 0 saturated carbocycles. The Morgan fingerprint density at radius 3 is 2.07 bits per heavy atom. The maximum absolute atomic E-state index is 13.0. The van der Waals surface area contributed by atoms with E-state index in [2.05, 4.69) is 0 Å². The monoisotopic (exact) mass is 444 g/mol. The molecule has 2 aliphatic rings. The Bertz CT molecular complexity index is 978. The molecule has 2 saturated heterocycles. The van der Waals surface area contributed by atoms with E-state index in [4.69, 9.17) is 5.14 Å². The summed E-state index contributed by atoms with van der Waals surface area (Å²) >= 11 is 0. The van der Waals surface area contributed by atoms with Crippen LogP contribution in [0.1, 0.15) is 24.0 Å². The van der Waals surface area contributed by atoms with Crippen molar-refractivity contribution in [2.45, 2.75) is 31.6 Å². The van der Waals surface area contributed by atoms with Crippen LogP contribution in [0.3, 0.4) is 0 Å². The first-order valence-electron chi connectivity index (χ1n) is 9.64. The molecular formula is C18H28N4O5S2. The molecule has 162 valence electrons. The summed E-state index contributed by atoms with van der Waals surface area (Å²) in [6.07, 6.45) is 0.854. The molecule has 2 aliphatic heterocycles. The highest BCUT2D eigenvalue weighted by atomic mass is 32.2. The second-order valence-corrected chi connectivity index (χ2v) is 11.2. The molecule has 9 nitrogen and oxygen atoms in total. The minimum absolute atomic E-state index is 0.0390. The summed E-state index contributed by atoms with van der Waals surface area (Å²) in [5, 5.41) is 5.14. The molecule has 0 atom stereocenters. The van der Waals surface area contributed by atoms with Gasteiger partial charge in [-0.25, -0.2) is 13.6 Å². The maximum Gasteiger partial charge on any atom is 0.276 e. The zero-order valence-electron chi connectivity index (χ0n) is 16.7. The smallest absolute Gasteiger partial charge is 0.276 e. The highest BCUT2D eigenvalue weighted by Gasteiger charge is 2.35. The zero-order valence-corrected chi connectivity index (χ0v) is 18.4. The largest absolute Gasteiger partial charge is 0.340 e. The molecule has 0 aliphatic carbocycles. The molecule has 1 aromatic rings. The van der Waals surface area contributed by atoms with Gasteiger partial charge in [-0.2, -0.15) is 17.0 Å². The van der Waals surface area contributed by atoms with E-state index in [1.165, 1.54) is 8.61 Å². The number of sulfonamides is 1. The summed E-state index contributed by atoms with van der Waals surface area (Å²) < 4.78 is 51.5. The Kier molecular flexibility index (Phi) is 6.35. The lowest BCUT2D eigenvalue weighted by Gasteiger charge is -2.37. The number of hydrogen-bond acceptors (Lipinski definition) is 5. The van der Waals surface area contributed by atoms with Gasteiger partial charge in [0.25, 0.3) is 10.2 Å². The van der Waals surface area contributed by atoms with Crippen molar-refractivity contribution in [1.29, 1.82) is 0 Å². The van der Waals surface area contributed by atoms with Crippen LogP contribution in [0.5, 0.6) is 0 Å². The fourth-order valence-corrected chi connectivity index (χ4v) is 6.34. The molecule has 1 amide bonds. The van der Waals surface area contributed by atoms with E-state index in [1.807, 2.05) is 13.0 Å². The van der Waals surface area contributed by atoms with Gasteiger partial charge < -0.3 is 4.90 Å². The van der Waals surface area contributed by atoms with Crippen LogP contribution in [0.15, 0.2) is 23.1 Å². The SMILES string of the molecule is Cc1ccc(C)c(S(=O)(=O)N2CCN(C(=O)C3CCN(S(N)(=O)=O)CC3)CC2)c1. The topological polar surface area (TPSA) is 121 Å². The summed E-state index contributed by atoms with van der Waals surface area (Å²) in [6.45, 7) is 5.26. The van der Waals surface area contributed by atoms with Gasteiger partial charge in [-0.05, 0) is 43.9 Å². The van der Waals surface area contributed by atoms with Crippen molar-refractivity contribution in [1.82, 2.24) is 13.5 Å². The summed E-state index contributed by atoms with van der Waals surface area (Å²) in [4.78, 5) is 14.8. The average Bonchev–Trinajstić information content (AvgIpc) is 2.68. The van der Waals surface area contributed by atoms with Crippen LogP contribution < -0.4 is 5.14 Å². The van der Waals surface area contributed by atoms with E-state index in [-0.39, 0.29) is 38.0 Å². The van der Waals surface area contributed by atoms with Crippen LogP contribution in [0, 0.1) is 19.8 Å². The highest BCUT2D eigenvalue weighted by Crippen LogP contribution is 2.25. The van der Waals surface area contributed by atoms with Crippen LogP contribution in [-0.2, 0) is 25.0 Å². The number of benzene rings is 1. The third-order valence-corrected chi connectivity index (χ3v) is 8.80. The third kappa shape index (κ3) is 4.80. The van der Waals surface area contributed by atoms with Crippen molar-refractivity contribution in [2.75, 3.05) is 39.3 Å². The fourth-order valence-electron chi connectivity index (χ4n) is 3.89. The number of piperazine rings is 1. The minimum atomic E-state index is -3.72. The molecule has 0 spiro atoms. The lowest BCUT2D eigenvalue weighted by molar-refractivity contribution is -0.137. The normalized spacial score (nSPS) is 20.7. The van der Waals surface area contributed by atoms with Crippen LogP contribution in [-0.4, -0.2) is 75.5 Å². The van der Waals surface area contributed by atoms with E-state index in [0.717, 1.165) is 5.56 Å². The molecule has 0 bridgehead atoms. The second-order valence-electron chi connectivity index (χ2n) is 7.72. The molecule has 0 unspecified atom stereocenters. The Hall–Kier alpha value is -1.53. The molecule has 0 aromatic heterocycles. The Morgan fingerprint density at radius 1 is 0.931 bits per heavy atom. The molecular weight excluding hydrogens is 416 g/mol. The van der Waals surface area contributed by atoms with Gasteiger partial charge in [-0.1, -0.05) is 12.1 Å². The van der Waals surface area contributed by atoms with Gasteiger partial charge in [0.2, 0.25) is 15.9 Å². The first-order valence-corrected chi connectivity index (χ1v) is 12.6. The van der Waals surface area contributed by atoms with Crippen molar-refractivity contribution < 1.29 is 21.6 Å². The van der Waals surface area contributed by atoms with Crippen molar-refractivity contribution in [3.63, 3.8) is 0 Å². The quantitative estimate of drug-likeness (QED) is 0.703. The predicted molar refractivity (Wildman–Crippen MR) is 109 cm³/mol. The van der Waals surface area contributed by atoms with Crippen molar-refractivity contribution in [3.05, 3.63) is 29.3 Å². The van der Waals surface area contributed by atoms with Gasteiger partial charge in [0.1, 0.15) is 0 Å². The number of nitrogens with two attached hydrogens (primary N) is 1. The Balaban J connectivity index is 1.60. The fraction of sp³-hybridized carbons (Fsp3) is 0.611. The summed E-state index contributed by atoms with van der Waals surface area (Å²) in [6, 6.07) is 5.36.